The molecule has 0 aromatic heterocycles. The van der Waals surface area contributed by atoms with Gasteiger partial charge in [0.25, 0.3) is 0 Å². The molecule has 0 saturated carbocycles. The second-order valence-corrected chi connectivity index (χ2v) is 4.18. The summed E-state index contributed by atoms with van der Waals surface area (Å²) in [6.07, 6.45) is -2.31. The molecular weight excluding hydrogens is 402 g/mol. The van der Waals surface area contributed by atoms with Crippen molar-refractivity contribution in [2.45, 2.75) is 38.3 Å². The summed E-state index contributed by atoms with van der Waals surface area (Å²) >= 11 is 0. The molecule has 126 valence electrons. The fourth-order valence-corrected chi connectivity index (χ4v) is 1.42. The number of nitrogens with zero attached hydrogens (tertiary/aromatic N) is 1. The molecule has 2 N–H and O–H groups in total. The van der Waals surface area contributed by atoms with Gasteiger partial charge in [-0.25, -0.2) is 0 Å². The summed E-state index contributed by atoms with van der Waals surface area (Å²) in [5.74, 6) is 0.116. The van der Waals surface area contributed by atoms with Gasteiger partial charge in [-0.3, -0.25) is 9.79 Å². The Morgan fingerprint density at radius 3 is 2.29 bits per heavy atom. The number of ether oxygens (including phenoxy) is 1. The van der Waals surface area contributed by atoms with E-state index in [0.717, 1.165) is 19.3 Å². The van der Waals surface area contributed by atoms with E-state index in [1.807, 2.05) is 0 Å². The number of guanidine groups is 1. The van der Waals surface area contributed by atoms with Crippen LogP contribution in [0, 0.1) is 0 Å². The van der Waals surface area contributed by atoms with Crippen molar-refractivity contribution in [2.24, 2.45) is 4.99 Å². The number of unbranched alkanes of at least 4 members (excludes halogenated alkanes) is 2. The normalized spacial score (nSPS) is 11.6. The van der Waals surface area contributed by atoms with Crippen molar-refractivity contribution in [2.75, 3.05) is 27.2 Å². The first-order valence-corrected chi connectivity index (χ1v) is 6.47. The number of halogens is 4. The van der Waals surface area contributed by atoms with Crippen molar-refractivity contribution in [3.05, 3.63) is 0 Å². The quantitative estimate of drug-likeness (QED) is 0.206. The molecule has 0 rings (SSSR count). The number of carbonyl (C=O) groups excluding carboxylic acids is 1. The lowest BCUT2D eigenvalue weighted by atomic mass is 10.2. The Hall–Kier alpha value is -0.740. The number of hydrogen-bond donors (Lipinski definition) is 2. The van der Waals surface area contributed by atoms with Crippen LogP contribution in [0.3, 0.4) is 0 Å². The van der Waals surface area contributed by atoms with E-state index in [0.29, 0.717) is 18.9 Å². The maximum Gasteiger partial charge on any atom is 0.390 e. The largest absolute Gasteiger partial charge is 0.469 e. The van der Waals surface area contributed by atoms with E-state index in [2.05, 4.69) is 20.4 Å². The van der Waals surface area contributed by atoms with Gasteiger partial charge in [0.2, 0.25) is 0 Å². The minimum absolute atomic E-state index is 0. The van der Waals surface area contributed by atoms with Crippen LogP contribution in [-0.2, 0) is 9.53 Å². The molecule has 0 fully saturated rings. The highest BCUT2D eigenvalue weighted by Crippen LogP contribution is 2.17. The molecule has 0 spiro atoms. The summed E-state index contributed by atoms with van der Waals surface area (Å²) in [6, 6.07) is 0. The highest BCUT2D eigenvalue weighted by molar-refractivity contribution is 14.0. The number of rotatable bonds is 8. The molecule has 0 aromatic carbocycles. The number of esters is 1. The molecule has 0 atom stereocenters. The minimum Gasteiger partial charge on any atom is -0.469 e. The number of hydrogen-bond acceptors (Lipinski definition) is 3. The van der Waals surface area contributed by atoms with Gasteiger partial charge in [0.15, 0.2) is 5.96 Å². The van der Waals surface area contributed by atoms with Crippen molar-refractivity contribution >= 4 is 35.9 Å². The van der Waals surface area contributed by atoms with Gasteiger partial charge in [0.1, 0.15) is 0 Å². The first kappa shape index (κ1) is 22.5. The van der Waals surface area contributed by atoms with Gasteiger partial charge < -0.3 is 15.4 Å². The maximum atomic E-state index is 12.0. The zero-order valence-electron chi connectivity index (χ0n) is 12.3. The Morgan fingerprint density at radius 2 is 1.76 bits per heavy atom. The average molecular weight is 425 g/mol. The van der Waals surface area contributed by atoms with Crippen molar-refractivity contribution in [1.82, 2.24) is 10.6 Å². The molecule has 0 amide bonds. The Morgan fingerprint density at radius 1 is 1.14 bits per heavy atom. The SMILES string of the molecule is CN=C(NCCCCCC(=O)OC)NCCC(F)(F)F.I. The molecule has 0 aromatic rings. The standard InChI is InChI=1S/C12H22F3N3O2.HI/c1-16-11(18-9-7-12(13,14)15)17-8-5-3-4-6-10(19)20-2;/h3-9H2,1-2H3,(H2,16,17,18);1H. The predicted molar refractivity (Wildman–Crippen MR) is 85.9 cm³/mol. The number of methoxy groups -OCH3 is 1. The van der Waals surface area contributed by atoms with Gasteiger partial charge in [0.05, 0.1) is 13.5 Å². The van der Waals surface area contributed by atoms with Gasteiger partial charge in [-0.2, -0.15) is 13.2 Å². The fourth-order valence-electron chi connectivity index (χ4n) is 1.42. The van der Waals surface area contributed by atoms with E-state index < -0.39 is 12.6 Å². The van der Waals surface area contributed by atoms with Gasteiger partial charge in [-0.15, -0.1) is 24.0 Å². The molecule has 5 nitrogen and oxygen atoms in total. The third-order valence-corrected chi connectivity index (χ3v) is 2.50. The Balaban J connectivity index is 0. The van der Waals surface area contributed by atoms with Gasteiger partial charge >= 0.3 is 12.1 Å². The van der Waals surface area contributed by atoms with Crippen LogP contribution in [0.25, 0.3) is 0 Å². The number of aliphatic imine (C=N–C) groups is 1. The third kappa shape index (κ3) is 15.5. The van der Waals surface area contributed by atoms with Crippen LogP contribution < -0.4 is 10.6 Å². The van der Waals surface area contributed by atoms with Crippen LogP contribution in [0.5, 0.6) is 0 Å². The van der Waals surface area contributed by atoms with Gasteiger partial charge in [-0.1, -0.05) is 6.42 Å². The molecule has 0 aliphatic rings. The van der Waals surface area contributed by atoms with Crippen molar-refractivity contribution in [3.63, 3.8) is 0 Å². The van der Waals surface area contributed by atoms with E-state index >= 15 is 0 Å². The molecule has 0 radical (unpaired) electrons. The number of carbonyl (C=O) groups is 1. The van der Waals surface area contributed by atoms with Crippen LogP contribution in [0.15, 0.2) is 4.99 Å². The van der Waals surface area contributed by atoms with E-state index in [1.165, 1.54) is 14.2 Å². The van der Waals surface area contributed by atoms with E-state index in [4.69, 9.17) is 0 Å². The highest BCUT2D eigenvalue weighted by Gasteiger charge is 2.26. The zero-order valence-corrected chi connectivity index (χ0v) is 14.6. The molecule has 21 heavy (non-hydrogen) atoms. The molecule has 0 bridgehead atoms. The van der Waals surface area contributed by atoms with Crippen LogP contribution >= 0.6 is 24.0 Å². The lowest BCUT2D eigenvalue weighted by Gasteiger charge is -2.12. The predicted octanol–water partition coefficient (Wildman–Crippen LogP) is 2.46. The first-order chi connectivity index (χ1) is 9.39. The maximum absolute atomic E-state index is 12.0. The van der Waals surface area contributed by atoms with Crippen LogP contribution in [0.2, 0.25) is 0 Å². The monoisotopic (exact) mass is 425 g/mol. The average Bonchev–Trinajstić information content (AvgIpc) is 2.38. The summed E-state index contributed by atoms with van der Waals surface area (Å²) in [5.41, 5.74) is 0. The zero-order chi connectivity index (χ0) is 15.4. The molecule has 9 heteroatoms. The molecule has 0 aliphatic carbocycles. The Labute approximate surface area is 140 Å². The molecule has 0 aliphatic heterocycles. The third-order valence-electron chi connectivity index (χ3n) is 2.50. The molecule has 0 saturated heterocycles. The molecular formula is C12H23F3IN3O2. The second kappa shape index (κ2) is 13.0. The minimum atomic E-state index is -4.17. The summed E-state index contributed by atoms with van der Waals surface area (Å²) in [5, 5.41) is 5.50. The van der Waals surface area contributed by atoms with Crippen LogP contribution in [0.4, 0.5) is 13.2 Å². The summed E-state index contributed by atoms with van der Waals surface area (Å²) in [7, 11) is 2.85. The van der Waals surface area contributed by atoms with Crippen LogP contribution in [-0.4, -0.2) is 45.4 Å². The van der Waals surface area contributed by atoms with Crippen molar-refractivity contribution in [1.29, 1.82) is 0 Å². The van der Waals surface area contributed by atoms with Gasteiger partial charge in [0, 0.05) is 26.6 Å². The highest BCUT2D eigenvalue weighted by atomic mass is 127. The summed E-state index contributed by atoms with van der Waals surface area (Å²) < 4.78 is 40.4. The van der Waals surface area contributed by atoms with Crippen molar-refractivity contribution < 1.29 is 22.7 Å². The van der Waals surface area contributed by atoms with Gasteiger partial charge in [-0.05, 0) is 12.8 Å². The van der Waals surface area contributed by atoms with Crippen molar-refractivity contribution in [3.8, 4) is 0 Å². The van der Waals surface area contributed by atoms with E-state index in [9.17, 15) is 18.0 Å². The Bertz CT molecular complexity index is 313. The second-order valence-electron chi connectivity index (χ2n) is 4.18. The lowest BCUT2D eigenvalue weighted by Crippen LogP contribution is -2.39. The summed E-state index contributed by atoms with van der Waals surface area (Å²) in [4.78, 5) is 14.7. The smallest absolute Gasteiger partial charge is 0.390 e. The molecule has 0 heterocycles. The van der Waals surface area contributed by atoms with E-state index in [1.54, 1.807) is 0 Å². The topological polar surface area (TPSA) is 62.7 Å². The fraction of sp³-hybridized carbons (Fsp3) is 0.833. The Kier molecular flexibility index (Phi) is 13.9. The first-order valence-electron chi connectivity index (χ1n) is 6.47. The summed E-state index contributed by atoms with van der Waals surface area (Å²) in [6.45, 7) is 0.387. The van der Waals surface area contributed by atoms with E-state index in [-0.39, 0.29) is 36.5 Å². The lowest BCUT2D eigenvalue weighted by molar-refractivity contribution is -0.140. The van der Waals surface area contributed by atoms with Crippen LogP contribution in [0.1, 0.15) is 32.1 Å². The molecule has 0 unspecified atom stereocenters. The number of alkyl halides is 3. The number of nitrogens with one attached hydrogen (secondary N) is 2.